The molecular formula is C58H72O33. The predicted molar refractivity (Wildman–Crippen MR) is 294 cm³/mol. The van der Waals surface area contributed by atoms with E-state index in [-0.39, 0.29) is 28.4 Å². The molecule has 0 aliphatic carbocycles. The minimum absolute atomic E-state index is 0.0280. The second kappa shape index (κ2) is 31.4. The van der Waals surface area contributed by atoms with Gasteiger partial charge in [-0.25, -0.2) is 14.4 Å². The largest absolute Gasteiger partial charge is 0.508 e. The van der Waals surface area contributed by atoms with Crippen molar-refractivity contribution in [1.29, 1.82) is 0 Å². The molecule has 5 heterocycles. The van der Waals surface area contributed by atoms with Crippen LogP contribution in [0.2, 0.25) is 0 Å². The molecule has 5 aliphatic rings. The van der Waals surface area contributed by atoms with Gasteiger partial charge in [0.05, 0.1) is 39.1 Å². The number of carbonyl (C=O) groups excluding carboxylic acids is 4. The minimum Gasteiger partial charge on any atom is -0.508 e. The number of hydrogen-bond acceptors (Lipinski definition) is 33. The number of benzene rings is 3. The molecule has 5 fully saturated rings. The first-order chi connectivity index (χ1) is 43.4. The molecule has 3 aromatic rings. The molecule has 502 valence electrons. The zero-order chi connectivity index (χ0) is 66.0. The van der Waals surface area contributed by atoms with E-state index in [9.17, 15) is 95.8 Å². The molecular weight excluding hydrogens is 1220 g/mol. The molecule has 15 N–H and O–H groups in total. The van der Waals surface area contributed by atoms with Crippen LogP contribution >= 0.6 is 0 Å². The Labute approximate surface area is 516 Å². The van der Waals surface area contributed by atoms with E-state index in [1.54, 1.807) is 6.07 Å². The van der Waals surface area contributed by atoms with Gasteiger partial charge in [-0.15, -0.1) is 0 Å². The molecule has 0 bridgehead atoms. The number of carbonyl (C=O) groups is 4. The topological polar surface area (TPSA) is 501 Å². The van der Waals surface area contributed by atoms with Gasteiger partial charge in [-0.3, -0.25) is 4.79 Å². The predicted octanol–water partition coefficient (Wildman–Crippen LogP) is -5.54. The quantitative estimate of drug-likeness (QED) is 0.0226. The van der Waals surface area contributed by atoms with Crippen molar-refractivity contribution in [2.24, 2.45) is 0 Å². The number of hydrogen-bond donors (Lipinski definition) is 15. The van der Waals surface area contributed by atoms with E-state index in [1.165, 1.54) is 86.0 Å². The van der Waals surface area contributed by atoms with Gasteiger partial charge in [0.1, 0.15) is 123 Å². The van der Waals surface area contributed by atoms with Crippen LogP contribution in [-0.2, 0) is 76.0 Å². The normalized spacial score (nSPS) is 36.8. The van der Waals surface area contributed by atoms with Crippen molar-refractivity contribution < 1.29 is 162 Å². The second-order valence-corrected chi connectivity index (χ2v) is 21.4. The molecule has 0 unspecified atom stereocenters. The molecule has 33 heteroatoms. The lowest BCUT2D eigenvalue weighted by atomic mass is 9.95. The Hall–Kier alpha value is -6.46. The third kappa shape index (κ3) is 16.5. The highest BCUT2D eigenvalue weighted by Gasteiger charge is 2.64. The molecule has 0 amide bonds. The van der Waals surface area contributed by atoms with Crippen molar-refractivity contribution in [3.8, 4) is 17.2 Å². The Morgan fingerprint density at radius 1 is 0.516 bits per heavy atom. The first kappa shape index (κ1) is 70.4. The summed E-state index contributed by atoms with van der Waals surface area (Å²) in [7, 11) is 1.25. The number of esters is 4. The molecule has 0 radical (unpaired) electrons. The molecule has 24 atom stereocenters. The number of aliphatic hydroxyl groups excluding tert-OH is 13. The monoisotopic (exact) mass is 1300 g/mol. The van der Waals surface area contributed by atoms with Crippen LogP contribution in [0.5, 0.6) is 17.2 Å². The minimum atomic E-state index is -2.98. The molecule has 5 saturated heterocycles. The molecule has 8 rings (SSSR count). The van der Waals surface area contributed by atoms with Gasteiger partial charge in [0.25, 0.3) is 0 Å². The summed E-state index contributed by atoms with van der Waals surface area (Å²) in [6, 6.07) is 16.5. The zero-order valence-electron chi connectivity index (χ0n) is 48.3. The van der Waals surface area contributed by atoms with Gasteiger partial charge < -0.3 is 143 Å². The number of phenols is 2. The summed E-state index contributed by atoms with van der Waals surface area (Å²) in [5.41, 5.74) is 0.446. The third-order valence-electron chi connectivity index (χ3n) is 15.2. The number of methoxy groups -OCH3 is 1. The van der Waals surface area contributed by atoms with E-state index < -0.39 is 210 Å². The maximum Gasteiger partial charge on any atom is 0.338 e. The second-order valence-electron chi connectivity index (χ2n) is 21.4. The van der Waals surface area contributed by atoms with Crippen LogP contribution in [0.1, 0.15) is 28.4 Å². The Kier molecular flexibility index (Phi) is 24.3. The summed E-state index contributed by atoms with van der Waals surface area (Å²) in [5, 5.41) is 163. The van der Waals surface area contributed by atoms with Gasteiger partial charge in [0.15, 0.2) is 48.9 Å². The van der Waals surface area contributed by atoms with Crippen molar-refractivity contribution in [3.05, 3.63) is 102 Å². The summed E-state index contributed by atoms with van der Waals surface area (Å²) in [5.74, 6) is -8.11. The van der Waals surface area contributed by atoms with Crippen molar-refractivity contribution in [2.75, 3.05) is 46.8 Å². The highest BCUT2D eigenvalue weighted by Crippen LogP contribution is 2.43. The van der Waals surface area contributed by atoms with E-state index >= 15 is 0 Å². The molecule has 0 saturated carbocycles. The summed E-state index contributed by atoms with van der Waals surface area (Å²) in [6.45, 7) is -5.56. The zero-order valence-corrected chi connectivity index (χ0v) is 48.3. The van der Waals surface area contributed by atoms with Crippen molar-refractivity contribution >= 4 is 36.0 Å². The summed E-state index contributed by atoms with van der Waals surface area (Å²) >= 11 is 0. The third-order valence-corrected chi connectivity index (χ3v) is 15.2. The Morgan fingerprint density at radius 3 is 1.63 bits per heavy atom. The fourth-order valence-corrected chi connectivity index (χ4v) is 10.4. The van der Waals surface area contributed by atoms with Gasteiger partial charge in [0, 0.05) is 19.1 Å². The maximum absolute atomic E-state index is 14.3. The van der Waals surface area contributed by atoms with E-state index in [4.69, 9.17) is 66.3 Å². The molecule has 33 nitrogen and oxygen atoms in total. The van der Waals surface area contributed by atoms with Crippen LogP contribution in [-0.4, -0.2) is 294 Å². The number of ether oxygens (including phenoxy) is 14. The fourth-order valence-electron chi connectivity index (χ4n) is 10.4. The smallest absolute Gasteiger partial charge is 0.338 e. The standard InChI is InChI=1S/C58H72O33/c1-25(63)79-23-36-49(85-38(67)17-12-27-10-15-30(65)31(18-27)78-2)50(87-56-47(76)44(73)48(35(22-62)83-56)86-54-45(74)42(71)39(68)32(19-59)81-54)51(88-55-46(75)43(72)40(69)33(20-60)82-55)57(84-36)91-58(24-80-37(66)16-11-26-8-13-29(64)14-9-26)52(41(70)34(21-61)90-58)89-53(77)28-6-4-3-5-7-28/h3-18,32-36,39-52,54-57,59-62,64-65,68-76H,19-24H2,1-2H3/t32-,33+,34-,35+,36+,39+,40+,41+,42-,43+,44-,45-,46-,47+,48+,49+,50+,51-,52-,54+,55-,56-,57-,58+/m1/s1. The highest BCUT2D eigenvalue weighted by atomic mass is 16.8. The lowest BCUT2D eigenvalue weighted by Crippen LogP contribution is -2.69. The van der Waals surface area contributed by atoms with Gasteiger partial charge >= 0.3 is 23.9 Å². The summed E-state index contributed by atoms with van der Waals surface area (Å²) in [6.07, 6.45) is -44.8. The van der Waals surface area contributed by atoms with E-state index in [1.807, 2.05) is 0 Å². The Bertz CT molecular complexity index is 2930. The lowest BCUT2D eigenvalue weighted by molar-refractivity contribution is -0.423. The van der Waals surface area contributed by atoms with E-state index in [0.717, 1.165) is 19.1 Å². The van der Waals surface area contributed by atoms with Gasteiger partial charge in [-0.05, 0) is 59.7 Å². The maximum atomic E-state index is 14.3. The van der Waals surface area contributed by atoms with E-state index in [2.05, 4.69) is 0 Å². The Morgan fingerprint density at radius 2 is 1.04 bits per heavy atom. The van der Waals surface area contributed by atoms with Crippen molar-refractivity contribution in [2.45, 2.75) is 154 Å². The van der Waals surface area contributed by atoms with Crippen LogP contribution in [0.25, 0.3) is 12.2 Å². The van der Waals surface area contributed by atoms with Gasteiger partial charge in [-0.2, -0.15) is 0 Å². The molecule has 91 heavy (non-hydrogen) atoms. The first-order valence-electron chi connectivity index (χ1n) is 28.2. The van der Waals surface area contributed by atoms with Crippen LogP contribution in [0.4, 0.5) is 0 Å². The highest BCUT2D eigenvalue weighted by molar-refractivity contribution is 5.90. The lowest BCUT2D eigenvalue weighted by Gasteiger charge is -2.51. The number of aliphatic hydroxyl groups is 13. The molecule has 3 aromatic carbocycles. The van der Waals surface area contributed by atoms with Crippen molar-refractivity contribution in [3.63, 3.8) is 0 Å². The summed E-state index contributed by atoms with van der Waals surface area (Å²) < 4.78 is 83.1. The number of aromatic hydroxyl groups is 2. The van der Waals surface area contributed by atoms with Crippen LogP contribution in [0, 0.1) is 0 Å². The average Bonchev–Trinajstić information content (AvgIpc) is 1.73. The van der Waals surface area contributed by atoms with Gasteiger partial charge in [0.2, 0.25) is 5.79 Å². The Balaban J connectivity index is 1.27. The molecule has 0 aromatic heterocycles. The average molecular weight is 1300 g/mol. The van der Waals surface area contributed by atoms with Crippen molar-refractivity contribution in [1.82, 2.24) is 0 Å². The van der Waals surface area contributed by atoms with Crippen LogP contribution < -0.4 is 4.74 Å². The molecule has 0 spiro atoms. The molecule has 5 aliphatic heterocycles. The van der Waals surface area contributed by atoms with Crippen LogP contribution in [0.3, 0.4) is 0 Å². The number of rotatable bonds is 24. The van der Waals surface area contributed by atoms with Crippen LogP contribution in [0.15, 0.2) is 84.9 Å². The number of phenolic OH excluding ortho intramolecular Hbond substituents is 2. The van der Waals surface area contributed by atoms with E-state index in [0.29, 0.717) is 5.56 Å². The summed E-state index contributed by atoms with van der Waals surface area (Å²) in [4.78, 5) is 54.9. The first-order valence-corrected chi connectivity index (χ1v) is 28.2. The SMILES string of the molecule is COc1cc(C=CC(=O)O[C@@H]2[C@H](O[C@H]3O[C@@H](CO)[C@H](O[C@@H]4O[C@H](CO)[C@H](O)[C@@H](O)[C@H]4O)[C@H](O)[C@@H]3O)[C@@H](O[C@H]3O[C@@H](CO)[C@H](O)[C@H](O)[C@H]3O)[C@@H](O[C@]3(COC(=O)C=Cc4ccc(O)cc4)O[C@H](CO)[C@H](O)[C@H]3OC(=O)c3ccccc3)O[C@H]2COC(C)=O)ccc1O. The van der Waals surface area contributed by atoms with Gasteiger partial charge in [-0.1, -0.05) is 36.4 Å². The fraction of sp³-hybridized carbons (Fsp3) is 0.552.